The molecule has 82 valence electrons. The quantitative estimate of drug-likeness (QED) is 0.577. The summed E-state index contributed by atoms with van der Waals surface area (Å²) in [4.78, 5) is 10.6. The van der Waals surface area contributed by atoms with Gasteiger partial charge in [0.05, 0.1) is 12.9 Å². The number of carboxylic acids is 1. The number of rotatable bonds is 6. The third-order valence-corrected chi connectivity index (χ3v) is 1.93. The molecule has 1 rings (SSSR count). The summed E-state index contributed by atoms with van der Waals surface area (Å²) in [7, 11) is 0. The van der Waals surface area contributed by atoms with Gasteiger partial charge in [-0.2, -0.15) is 0 Å². The zero-order valence-corrected chi connectivity index (χ0v) is 8.60. The predicted molar refractivity (Wildman–Crippen MR) is 54.4 cm³/mol. The van der Waals surface area contributed by atoms with Gasteiger partial charge in [0, 0.05) is 5.57 Å². The van der Waals surface area contributed by atoms with Gasteiger partial charge in [0.25, 0.3) is 0 Å². The minimum atomic E-state index is -0.890. The molecule has 1 N–H and O–H groups in total. The molecule has 4 nitrogen and oxygen atoms in total. The molecule has 0 amide bonds. The van der Waals surface area contributed by atoms with Crippen molar-refractivity contribution in [2.45, 2.75) is 20.0 Å². The van der Waals surface area contributed by atoms with Gasteiger partial charge in [0.2, 0.25) is 0 Å². The molecule has 0 spiro atoms. The summed E-state index contributed by atoms with van der Waals surface area (Å²) in [6, 6.07) is 3.59. The van der Waals surface area contributed by atoms with Gasteiger partial charge in [0.1, 0.15) is 12.4 Å². The first kappa shape index (κ1) is 11.5. The van der Waals surface area contributed by atoms with E-state index in [0.717, 1.165) is 5.76 Å². The first-order valence-electron chi connectivity index (χ1n) is 4.76. The van der Waals surface area contributed by atoms with Gasteiger partial charge in [-0.1, -0.05) is 6.92 Å². The predicted octanol–water partition coefficient (Wildman–Crippen LogP) is 2.22. The van der Waals surface area contributed by atoms with Crippen LogP contribution in [0.25, 0.3) is 0 Å². The van der Waals surface area contributed by atoms with Crippen LogP contribution in [0.2, 0.25) is 0 Å². The standard InChI is InChI=1S/C11H14O4/c1-2-9(11(12)13)5-7-14-8-10-4-3-6-15-10/h3-6H,2,7-8H2,1H3,(H,12,13). The minimum Gasteiger partial charge on any atom is -0.478 e. The molecule has 15 heavy (non-hydrogen) atoms. The smallest absolute Gasteiger partial charge is 0.331 e. The van der Waals surface area contributed by atoms with Crippen LogP contribution in [0.1, 0.15) is 19.1 Å². The lowest BCUT2D eigenvalue weighted by Gasteiger charge is -1.99. The van der Waals surface area contributed by atoms with E-state index in [1.807, 2.05) is 6.07 Å². The monoisotopic (exact) mass is 210 g/mol. The molecule has 0 radical (unpaired) electrons. The number of hydrogen-bond donors (Lipinski definition) is 1. The van der Waals surface area contributed by atoms with Gasteiger partial charge in [-0.15, -0.1) is 0 Å². The van der Waals surface area contributed by atoms with E-state index < -0.39 is 5.97 Å². The van der Waals surface area contributed by atoms with Crippen LogP contribution in [0.15, 0.2) is 34.5 Å². The van der Waals surface area contributed by atoms with E-state index >= 15 is 0 Å². The Hall–Kier alpha value is -1.55. The molecule has 0 aromatic carbocycles. The molecule has 0 unspecified atom stereocenters. The molecule has 0 aliphatic carbocycles. The van der Waals surface area contributed by atoms with E-state index in [9.17, 15) is 4.79 Å². The van der Waals surface area contributed by atoms with Gasteiger partial charge in [-0.05, 0) is 24.6 Å². The normalized spacial score (nSPS) is 11.7. The Kier molecular flexibility index (Phi) is 4.63. The highest BCUT2D eigenvalue weighted by molar-refractivity contribution is 5.86. The van der Waals surface area contributed by atoms with Crippen LogP contribution in [0.3, 0.4) is 0 Å². The number of carbonyl (C=O) groups is 1. The zero-order chi connectivity index (χ0) is 11.1. The van der Waals surface area contributed by atoms with E-state index in [1.165, 1.54) is 0 Å². The van der Waals surface area contributed by atoms with E-state index in [4.69, 9.17) is 14.3 Å². The number of hydrogen-bond acceptors (Lipinski definition) is 3. The molecular weight excluding hydrogens is 196 g/mol. The second kappa shape index (κ2) is 6.03. The second-order valence-electron chi connectivity index (χ2n) is 2.98. The third-order valence-electron chi connectivity index (χ3n) is 1.93. The third kappa shape index (κ3) is 3.99. The molecular formula is C11H14O4. The molecule has 0 aliphatic rings. The highest BCUT2D eigenvalue weighted by atomic mass is 16.5. The number of aliphatic carboxylic acids is 1. The van der Waals surface area contributed by atoms with Crippen molar-refractivity contribution in [3.05, 3.63) is 35.8 Å². The van der Waals surface area contributed by atoms with E-state index in [1.54, 1.807) is 25.3 Å². The molecule has 1 aromatic heterocycles. The van der Waals surface area contributed by atoms with Crippen molar-refractivity contribution in [3.63, 3.8) is 0 Å². The molecule has 0 saturated carbocycles. The molecule has 0 bridgehead atoms. The summed E-state index contributed by atoms with van der Waals surface area (Å²) >= 11 is 0. The topological polar surface area (TPSA) is 59.7 Å². The molecule has 0 saturated heterocycles. The van der Waals surface area contributed by atoms with Crippen LogP contribution in [0.5, 0.6) is 0 Å². The minimum absolute atomic E-state index is 0.288. The maximum absolute atomic E-state index is 10.6. The molecule has 0 fully saturated rings. The summed E-state index contributed by atoms with van der Waals surface area (Å²) in [5.41, 5.74) is 0.370. The van der Waals surface area contributed by atoms with Crippen molar-refractivity contribution in [2.75, 3.05) is 6.61 Å². The Bertz CT molecular complexity index is 324. The van der Waals surface area contributed by atoms with Gasteiger partial charge in [-0.3, -0.25) is 0 Å². The fourth-order valence-electron chi connectivity index (χ4n) is 1.10. The first-order valence-corrected chi connectivity index (χ1v) is 4.76. The molecule has 4 heteroatoms. The van der Waals surface area contributed by atoms with Crippen molar-refractivity contribution in [1.82, 2.24) is 0 Å². The van der Waals surface area contributed by atoms with Crippen LogP contribution >= 0.6 is 0 Å². The average molecular weight is 210 g/mol. The van der Waals surface area contributed by atoms with Gasteiger partial charge >= 0.3 is 5.97 Å². The molecule has 1 aromatic rings. The number of furan rings is 1. The number of ether oxygens (including phenoxy) is 1. The maximum atomic E-state index is 10.6. The van der Waals surface area contributed by atoms with Crippen molar-refractivity contribution in [2.24, 2.45) is 0 Å². The van der Waals surface area contributed by atoms with Crippen LogP contribution < -0.4 is 0 Å². The van der Waals surface area contributed by atoms with Crippen molar-refractivity contribution < 1.29 is 19.1 Å². The highest BCUT2D eigenvalue weighted by Crippen LogP contribution is 2.03. The summed E-state index contributed by atoms with van der Waals surface area (Å²) in [5, 5.41) is 8.71. The zero-order valence-electron chi connectivity index (χ0n) is 8.60. The van der Waals surface area contributed by atoms with E-state index in [2.05, 4.69) is 0 Å². The lowest BCUT2D eigenvalue weighted by molar-refractivity contribution is -0.132. The van der Waals surface area contributed by atoms with Crippen LogP contribution in [-0.4, -0.2) is 17.7 Å². The largest absolute Gasteiger partial charge is 0.478 e. The van der Waals surface area contributed by atoms with E-state index in [0.29, 0.717) is 18.6 Å². The number of carboxylic acid groups (broad SMARTS) is 1. The Morgan fingerprint density at radius 3 is 3.00 bits per heavy atom. The van der Waals surface area contributed by atoms with Gasteiger partial charge in [-0.25, -0.2) is 4.79 Å². The fourth-order valence-corrected chi connectivity index (χ4v) is 1.10. The lowest BCUT2D eigenvalue weighted by atomic mass is 10.2. The average Bonchev–Trinajstić information content (AvgIpc) is 2.70. The lowest BCUT2D eigenvalue weighted by Crippen LogP contribution is -2.01. The Labute approximate surface area is 88.2 Å². The van der Waals surface area contributed by atoms with Crippen molar-refractivity contribution in [3.8, 4) is 0 Å². The van der Waals surface area contributed by atoms with Crippen LogP contribution in [-0.2, 0) is 16.1 Å². The van der Waals surface area contributed by atoms with Gasteiger partial charge in [0.15, 0.2) is 0 Å². The van der Waals surface area contributed by atoms with Crippen molar-refractivity contribution >= 4 is 5.97 Å². The fraction of sp³-hybridized carbons (Fsp3) is 0.364. The summed E-state index contributed by atoms with van der Waals surface area (Å²) in [6.45, 7) is 2.45. The highest BCUT2D eigenvalue weighted by Gasteiger charge is 2.02. The Morgan fingerprint density at radius 2 is 2.47 bits per heavy atom. The van der Waals surface area contributed by atoms with Crippen LogP contribution in [0.4, 0.5) is 0 Å². The SMILES string of the molecule is CCC(=CCOCc1ccco1)C(=O)O. The molecule has 1 heterocycles. The summed E-state index contributed by atoms with van der Waals surface area (Å²) in [5.74, 6) is -0.157. The Balaban J connectivity index is 2.28. The Morgan fingerprint density at radius 1 is 1.67 bits per heavy atom. The second-order valence-corrected chi connectivity index (χ2v) is 2.98. The van der Waals surface area contributed by atoms with Gasteiger partial charge < -0.3 is 14.3 Å². The summed E-state index contributed by atoms with van der Waals surface area (Å²) < 4.78 is 10.3. The summed E-state index contributed by atoms with van der Waals surface area (Å²) in [6.07, 6.45) is 3.65. The molecule has 0 atom stereocenters. The van der Waals surface area contributed by atoms with E-state index in [-0.39, 0.29) is 6.61 Å². The van der Waals surface area contributed by atoms with Crippen LogP contribution in [0, 0.1) is 0 Å². The molecule has 0 aliphatic heterocycles. The maximum Gasteiger partial charge on any atom is 0.331 e. The first-order chi connectivity index (χ1) is 7.24. The van der Waals surface area contributed by atoms with Crippen molar-refractivity contribution in [1.29, 1.82) is 0 Å².